The van der Waals surface area contributed by atoms with Crippen LogP contribution in [0.5, 0.6) is 0 Å². The van der Waals surface area contributed by atoms with Crippen molar-refractivity contribution in [3.05, 3.63) is 65.7 Å². The fourth-order valence-electron chi connectivity index (χ4n) is 2.59. The highest BCUT2D eigenvalue weighted by Gasteiger charge is 2.07. The molecule has 1 heterocycles. The van der Waals surface area contributed by atoms with Crippen LogP contribution in [-0.4, -0.2) is 10.8 Å². The normalized spacial score (nSPS) is 10.8. The Bertz CT molecular complexity index is 824. The molecule has 0 aliphatic carbocycles. The van der Waals surface area contributed by atoms with Gasteiger partial charge in [0, 0.05) is 23.3 Å². The Morgan fingerprint density at radius 1 is 1.09 bits per heavy atom. The molecule has 3 rings (SSSR count). The first-order valence-corrected chi connectivity index (χ1v) is 7.74. The van der Waals surface area contributed by atoms with Crippen LogP contribution < -0.4 is 0 Å². The highest BCUT2D eigenvalue weighted by molar-refractivity contribution is 6.18. The van der Waals surface area contributed by atoms with Gasteiger partial charge in [-0.05, 0) is 30.2 Å². The van der Waals surface area contributed by atoms with E-state index in [2.05, 4.69) is 0 Å². The van der Waals surface area contributed by atoms with Gasteiger partial charge in [0.1, 0.15) is 5.78 Å². The van der Waals surface area contributed by atoms with Crippen molar-refractivity contribution in [3.63, 3.8) is 0 Å². The molecule has 110 valence electrons. The molecule has 0 N–H and O–H groups in total. The number of nitrogens with zero attached hydrogens (tertiary/aromatic N) is 1. The van der Waals surface area contributed by atoms with Crippen molar-refractivity contribution in [3.8, 4) is 11.3 Å². The van der Waals surface area contributed by atoms with Crippen LogP contribution in [-0.2, 0) is 17.1 Å². The number of carbonyl (C=O) groups is 1. The number of halogens is 1. The Morgan fingerprint density at radius 3 is 2.50 bits per heavy atom. The minimum absolute atomic E-state index is 0.168. The van der Waals surface area contributed by atoms with Crippen molar-refractivity contribution in [1.29, 1.82) is 0 Å². The molecule has 2 aromatic carbocycles. The van der Waals surface area contributed by atoms with Crippen molar-refractivity contribution >= 4 is 28.3 Å². The summed E-state index contributed by atoms with van der Waals surface area (Å²) in [4.78, 5) is 15.9. The van der Waals surface area contributed by atoms with Gasteiger partial charge >= 0.3 is 0 Å². The average molecular weight is 310 g/mol. The minimum atomic E-state index is 0.168. The van der Waals surface area contributed by atoms with E-state index >= 15 is 0 Å². The quantitative estimate of drug-likeness (QED) is 0.650. The van der Waals surface area contributed by atoms with Crippen molar-refractivity contribution in [2.75, 3.05) is 0 Å². The molecule has 0 bridgehead atoms. The van der Waals surface area contributed by atoms with E-state index in [1.807, 2.05) is 54.6 Å². The van der Waals surface area contributed by atoms with Gasteiger partial charge in [-0.25, -0.2) is 4.98 Å². The van der Waals surface area contributed by atoms with Gasteiger partial charge in [0.2, 0.25) is 0 Å². The van der Waals surface area contributed by atoms with Crippen molar-refractivity contribution in [1.82, 2.24) is 4.98 Å². The van der Waals surface area contributed by atoms with Crippen LogP contribution in [0.3, 0.4) is 0 Å². The minimum Gasteiger partial charge on any atom is -0.300 e. The molecule has 0 amide bonds. The zero-order valence-electron chi connectivity index (χ0n) is 12.3. The number of carbonyl (C=O) groups excluding carboxylic acids is 1. The van der Waals surface area contributed by atoms with Crippen LogP contribution in [0.25, 0.3) is 22.2 Å². The maximum Gasteiger partial charge on any atom is 0.134 e. The predicted octanol–water partition coefficient (Wildman–Crippen LogP) is 4.77. The zero-order valence-corrected chi connectivity index (χ0v) is 13.1. The number of hydrogen-bond donors (Lipinski definition) is 0. The molecular formula is C19H16ClNO. The Hall–Kier alpha value is -2.19. The maximum absolute atomic E-state index is 11.2. The van der Waals surface area contributed by atoms with E-state index in [0.29, 0.717) is 12.3 Å². The molecule has 0 fully saturated rings. The van der Waals surface area contributed by atoms with Gasteiger partial charge in [-0.15, -0.1) is 11.6 Å². The number of hydrogen-bond acceptors (Lipinski definition) is 2. The lowest BCUT2D eigenvalue weighted by atomic mass is 10.0. The van der Waals surface area contributed by atoms with Crippen molar-refractivity contribution < 1.29 is 4.79 Å². The lowest BCUT2D eigenvalue weighted by Gasteiger charge is -2.08. The van der Waals surface area contributed by atoms with E-state index in [0.717, 1.165) is 33.3 Å². The fraction of sp³-hybridized carbons (Fsp3) is 0.158. The lowest BCUT2D eigenvalue weighted by Crippen LogP contribution is -1.96. The summed E-state index contributed by atoms with van der Waals surface area (Å²) in [5.41, 5.74) is 4.99. The largest absolute Gasteiger partial charge is 0.300 e. The summed E-state index contributed by atoms with van der Waals surface area (Å²) in [6.45, 7) is 1.60. The third-order valence-electron chi connectivity index (χ3n) is 3.65. The number of rotatable bonds is 4. The van der Waals surface area contributed by atoms with E-state index in [4.69, 9.17) is 16.6 Å². The third-order valence-corrected chi connectivity index (χ3v) is 3.94. The Morgan fingerprint density at radius 2 is 1.82 bits per heavy atom. The van der Waals surface area contributed by atoms with Gasteiger partial charge in [0.15, 0.2) is 0 Å². The lowest BCUT2D eigenvalue weighted by molar-refractivity contribution is -0.116. The molecule has 22 heavy (non-hydrogen) atoms. The number of aromatic nitrogens is 1. The number of ketones is 1. The van der Waals surface area contributed by atoms with Crippen LogP contribution >= 0.6 is 11.6 Å². The fourth-order valence-corrected chi connectivity index (χ4v) is 2.81. The van der Waals surface area contributed by atoms with E-state index in [-0.39, 0.29) is 5.78 Å². The summed E-state index contributed by atoms with van der Waals surface area (Å²) in [5, 5.41) is 1.09. The highest BCUT2D eigenvalue weighted by atomic mass is 35.5. The van der Waals surface area contributed by atoms with Crippen LogP contribution in [0.2, 0.25) is 0 Å². The molecule has 0 atom stereocenters. The second-order valence-corrected chi connectivity index (χ2v) is 5.66. The number of fused-ring (bicyclic) bond motifs is 1. The third kappa shape index (κ3) is 3.02. The molecule has 0 saturated heterocycles. The van der Waals surface area contributed by atoms with Gasteiger partial charge in [-0.2, -0.15) is 0 Å². The van der Waals surface area contributed by atoms with Crippen LogP contribution in [0.15, 0.2) is 54.6 Å². The standard InChI is InChI=1S/C19H16ClNO/c1-13(22)10-14-6-8-15(9-7-14)19-11-16(12-20)17-4-2-3-5-18(17)21-19/h2-9,11H,10,12H2,1H3. The maximum atomic E-state index is 11.2. The second kappa shape index (κ2) is 6.29. The average Bonchev–Trinajstić information content (AvgIpc) is 2.54. The molecular weight excluding hydrogens is 294 g/mol. The molecule has 0 unspecified atom stereocenters. The summed E-state index contributed by atoms with van der Waals surface area (Å²) in [7, 11) is 0. The first-order chi connectivity index (χ1) is 10.7. The van der Waals surface area contributed by atoms with E-state index < -0.39 is 0 Å². The number of benzene rings is 2. The molecule has 0 saturated carbocycles. The molecule has 1 aromatic heterocycles. The van der Waals surface area contributed by atoms with Gasteiger partial charge in [0.05, 0.1) is 11.2 Å². The molecule has 0 radical (unpaired) electrons. The van der Waals surface area contributed by atoms with Crippen LogP contribution in [0, 0.1) is 0 Å². The topological polar surface area (TPSA) is 30.0 Å². The zero-order chi connectivity index (χ0) is 15.5. The number of para-hydroxylation sites is 1. The Kier molecular flexibility index (Phi) is 4.21. The summed E-state index contributed by atoms with van der Waals surface area (Å²) in [5.74, 6) is 0.624. The van der Waals surface area contributed by atoms with E-state index in [1.54, 1.807) is 6.92 Å². The van der Waals surface area contributed by atoms with Crippen LogP contribution in [0.1, 0.15) is 18.1 Å². The van der Waals surface area contributed by atoms with Gasteiger partial charge in [0.25, 0.3) is 0 Å². The molecule has 2 nitrogen and oxygen atoms in total. The summed E-state index contributed by atoms with van der Waals surface area (Å²) in [6, 6.07) is 18.0. The predicted molar refractivity (Wildman–Crippen MR) is 91.1 cm³/mol. The van der Waals surface area contributed by atoms with Gasteiger partial charge in [-0.1, -0.05) is 42.5 Å². The van der Waals surface area contributed by atoms with Gasteiger partial charge < -0.3 is 0 Å². The van der Waals surface area contributed by atoms with Gasteiger partial charge in [-0.3, -0.25) is 4.79 Å². The molecule has 0 aliphatic rings. The molecule has 3 heteroatoms. The molecule has 0 aliphatic heterocycles. The van der Waals surface area contributed by atoms with Crippen molar-refractivity contribution in [2.45, 2.75) is 19.2 Å². The SMILES string of the molecule is CC(=O)Cc1ccc(-c2cc(CCl)c3ccccc3n2)cc1. The second-order valence-electron chi connectivity index (χ2n) is 5.39. The molecule has 3 aromatic rings. The summed E-state index contributed by atoms with van der Waals surface area (Å²) in [6.07, 6.45) is 0.471. The Labute approximate surface area is 134 Å². The highest BCUT2D eigenvalue weighted by Crippen LogP contribution is 2.26. The number of alkyl halides is 1. The smallest absolute Gasteiger partial charge is 0.134 e. The Balaban J connectivity index is 2.04. The molecule has 0 spiro atoms. The monoisotopic (exact) mass is 309 g/mol. The van der Waals surface area contributed by atoms with Crippen LogP contribution in [0.4, 0.5) is 0 Å². The summed E-state index contributed by atoms with van der Waals surface area (Å²) >= 11 is 6.08. The number of pyridine rings is 1. The van der Waals surface area contributed by atoms with E-state index in [1.165, 1.54) is 0 Å². The first-order valence-electron chi connectivity index (χ1n) is 7.21. The number of Topliss-reactive ketones (excluding diaryl/α,β-unsaturated/α-hetero) is 1. The summed E-state index contributed by atoms with van der Waals surface area (Å²) < 4.78 is 0. The van der Waals surface area contributed by atoms with E-state index in [9.17, 15) is 4.79 Å². The van der Waals surface area contributed by atoms with Crippen molar-refractivity contribution in [2.24, 2.45) is 0 Å². The first kappa shape index (κ1) is 14.7.